The highest BCUT2D eigenvalue weighted by Gasteiger charge is 2.21. The first kappa shape index (κ1) is 17.4. The van der Waals surface area contributed by atoms with Gasteiger partial charge in [0.05, 0.1) is 0 Å². The molecule has 1 amide bonds. The van der Waals surface area contributed by atoms with E-state index in [1.165, 1.54) is 0 Å². The first-order valence-corrected chi connectivity index (χ1v) is 8.90. The molecular weight excluding hydrogens is 314 g/mol. The van der Waals surface area contributed by atoms with Gasteiger partial charge in [0.1, 0.15) is 5.69 Å². The molecule has 1 aliphatic heterocycles. The lowest BCUT2D eigenvalue weighted by Gasteiger charge is -2.34. The van der Waals surface area contributed by atoms with Crippen molar-refractivity contribution >= 4 is 17.5 Å². The van der Waals surface area contributed by atoms with E-state index in [0.29, 0.717) is 18.2 Å². The van der Waals surface area contributed by atoms with Gasteiger partial charge in [-0.3, -0.25) is 4.79 Å². The number of carbonyl (C=O) groups excluding carboxylic acids is 1. The summed E-state index contributed by atoms with van der Waals surface area (Å²) in [7, 11) is 0. The van der Waals surface area contributed by atoms with Gasteiger partial charge < -0.3 is 14.7 Å². The number of hydrogen-bond donors (Lipinski definition) is 0. The normalized spacial score (nSPS) is 15.2. The third-order valence-electron chi connectivity index (χ3n) is 4.59. The van der Waals surface area contributed by atoms with Gasteiger partial charge in [0, 0.05) is 44.6 Å². The molecule has 0 radical (unpaired) electrons. The van der Waals surface area contributed by atoms with Gasteiger partial charge in [-0.25, -0.2) is 9.97 Å². The summed E-state index contributed by atoms with van der Waals surface area (Å²) in [5.41, 5.74) is 1.32. The second-order valence-electron chi connectivity index (χ2n) is 6.05. The maximum absolute atomic E-state index is 12.9. The Kier molecular flexibility index (Phi) is 5.60. The first-order chi connectivity index (χ1) is 12.2. The Hall–Kier alpha value is -2.47. The Morgan fingerprint density at radius 3 is 2.44 bits per heavy atom. The number of rotatable bonds is 5. The number of aromatic nitrogens is 2. The maximum Gasteiger partial charge on any atom is 0.277 e. The number of benzene rings is 1. The molecule has 132 valence electrons. The van der Waals surface area contributed by atoms with Gasteiger partial charge in [0.2, 0.25) is 5.95 Å². The molecule has 0 unspecified atom stereocenters. The van der Waals surface area contributed by atoms with Crippen molar-refractivity contribution in [1.82, 2.24) is 14.9 Å². The first-order valence-electron chi connectivity index (χ1n) is 8.90. The average Bonchev–Trinajstić information content (AvgIpc) is 2.69. The van der Waals surface area contributed by atoms with Crippen LogP contribution in [-0.4, -0.2) is 60.0 Å². The fourth-order valence-electron chi connectivity index (χ4n) is 3.07. The minimum atomic E-state index is -0.0930. The summed E-state index contributed by atoms with van der Waals surface area (Å²) in [4.78, 5) is 28.1. The Balaban J connectivity index is 1.77. The number of carbonyl (C=O) groups is 1. The van der Waals surface area contributed by atoms with Crippen LogP contribution in [0.4, 0.5) is 11.6 Å². The van der Waals surface area contributed by atoms with Crippen molar-refractivity contribution in [2.24, 2.45) is 0 Å². The minimum Gasteiger partial charge on any atom is -0.338 e. The third kappa shape index (κ3) is 3.96. The van der Waals surface area contributed by atoms with E-state index in [1.54, 1.807) is 17.2 Å². The molecule has 0 bridgehead atoms. The van der Waals surface area contributed by atoms with Crippen LogP contribution in [0.15, 0.2) is 42.6 Å². The topological polar surface area (TPSA) is 52.6 Å². The number of amides is 1. The summed E-state index contributed by atoms with van der Waals surface area (Å²) in [6.07, 6.45) is 1.68. The molecule has 0 N–H and O–H groups in total. The van der Waals surface area contributed by atoms with Crippen LogP contribution in [0.1, 0.15) is 24.3 Å². The summed E-state index contributed by atoms with van der Waals surface area (Å²) in [6, 6.07) is 11.4. The molecule has 25 heavy (non-hydrogen) atoms. The Bertz CT molecular complexity index is 698. The third-order valence-corrected chi connectivity index (χ3v) is 4.59. The van der Waals surface area contributed by atoms with Gasteiger partial charge in [-0.1, -0.05) is 25.1 Å². The standard InChI is InChI=1S/C19H25N5O/c1-3-22-12-14-23(15-13-22)19-20-11-10-17(21-19)18(25)24(4-2)16-8-6-5-7-9-16/h5-11H,3-4,12-15H2,1-2H3. The molecular formula is C19H25N5O. The lowest BCUT2D eigenvalue weighted by Crippen LogP contribution is -2.47. The number of hydrogen-bond acceptors (Lipinski definition) is 5. The van der Waals surface area contributed by atoms with E-state index in [1.807, 2.05) is 37.3 Å². The monoisotopic (exact) mass is 339 g/mol. The molecule has 1 saturated heterocycles. The molecule has 1 aromatic carbocycles. The molecule has 2 heterocycles. The van der Waals surface area contributed by atoms with E-state index in [2.05, 4.69) is 26.7 Å². The molecule has 1 fully saturated rings. The van der Waals surface area contributed by atoms with E-state index in [0.717, 1.165) is 38.4 Å². The van der Waals surface area contributed by atoms with Crippen molar-refractivity contribution in [2.75, 3.05) is 49.1 Å². The summed E-state index contributed by atoms with van der Waals surface area (Å²) in [6.45, 7) is 9.59. The van der Waals surface area contributed by atoms with Gasteiger partial charge in [-0.2, -0.15) is 0 Å². The largest absolute Gasteiger partial charge is 0.338 e. The Labute approximate surface area is 149 Å². The number of likely N-dealkylation sites (N-methyl/N-ethyl adjacent to an activating group) is 1. The zero-order valence-electron chi connectivity index (χ0n) is 14.9. The SMILES string of the molecule is CCN1CCN(c2nccc(C(=O)N(CC)c3ccccc3)n2)CC1. The Morgan fingerprint density at radius 2 is 1.80 bits per heavy atom. The fourth-order valence-corrected chi connectivity index (χ4v) is 3.07. The van der Waals surface area contributed by atoms with E-state index in [9.17, 15) is 4.79 Å². The number of anilines is 2. The van der Waals surface area contributed by atoms with Crippen molar-refractivity contribution < 1.29 is 4.79 Å². The van der Waals surface area contributed by atoms with Crippen molar-refractivity contribution in [2.45, 2.75) is 13.8 Å². The summed E-state index contributed by atoms with van der Waals surface area (Å²) < 4.78 is 0. The van der Waals surface area contributed by atoms with Crippen LogP contribution < -0.4 is 9.80 Å². The number of nitrogens with zero attached hydrogens (tertiary/aromatic N) is 5. The summed E-state index contributed by atoms with van der Waals surface area (Å²) >= 11 is 0. The highest BCUT2D eigenvalue weighted by atomic mass is 16.2. The van der Waals surface area contributed by atoms with Crippen LogP contribution in [0.25, 0.3) is 0 Å². The van der Waals surface area contributed by atoms with Gasteiger partial charge in [0.25, 0.3) is 5.91 Å². The summed E-state index contributed by atoms with van der Waals surface area (Å²) in [5, 5.41) is 0. The van der Waals surface area contributed by atoms with Crippen LogP contribution in [0.2, 0.25) is 0 Å². The minimum absolute atomic E-state index is 0.0930. The van der Waals surface area contributed by atoms with Crippen LogP contribution in [0.3, 0.4) is 0 Å². The molecule has 6 heteroatoms. The van der Waals surface area contributed by atoms with E-state index in [-0.39, 0.29) is 5.91 Å². The molecule has 6 nitrogen and oxygen atoms in total. The molecule has 0 spiro atoms. The predicted octanol–water partition coefficient (Wildman–Crippen LogP) is 2.29. The Morgan fingerprint density at radius 1 is 1.08 bits per heavy atom. The molecule has 2 aromatic rings. The average molecular weight is 339 g/mol. The number of piperazine rings is 1. The van der Waals surface area contributed by atoms with Crippen molar-refractivity contribution in [3.63, 3.8) is 0 Å². The van der Waals surface area contributed by atoms with Gasteiger partial charge in [0.15, 0.2) is 0 Å². The van der Waals surface area contributed by atoms with Crippen molar-refractivity contribution in [3.8, 4) is 0 Å². The highest BCUT2D eigenvalue weighted by molar-refractivity contribution is 6.04. The van der Waals surface area contributed by atoms with Crippen molar-refractivity contribution in [1.29, 1.82) is 0 Å². The van der Waals surface area contributed by atoms with E-state index >= 15 is 0 Å². The molecule has 1 aliphatic rings. The predicted molar refractivity (Wildman–Crippen MR) is 100 cm³/mol. The molecule has 1 aromatic heterocycles. The van der Waals surface area contributed by atoms with Gasteiger partial charge >= 0.3 is 0 Å². The van der Waals surface area contributed by atoms with E-state index < -0.39 is 0 Å². The second kappa shape index (κ2) is 8.07. The van der Waals surface area contributed by atoms with Gasteiger partial charge in [-0.05, 0) is 31.7 Å². The highest BCUT2D eigenvalue weighted by Crippen LogP contribution is 2.17. The lowest BCUT2D eigenvalue weighted by molar-refractivity contribution is 0.0983. The zero-order valence-corrected chi connectivity index (χ0v) is 14.9. The zero-order chi connectivity index (χ0) is 17.6. The second-order valence-corrected chi connectivity index (χ2v) is 6.05. The molecule has 0 saturated carbocycles. The maximum atomic E-state index is 12.9. The molecule has 0 aliphatic carbocycles. The van der Waals surface area contributed by atoms with Crippen LogP contribution in [0.5, 0.6) is 0 Å². The van der Waals surface area contributed by atoms with Gasteiger partial charge in [-0.15, -0.1) is 0 Å². The molecule has 0 atom stereocenters. The van der Waals surface area contributed by atoms with Crippen LogP contribution in [-0.2, 0) is 0 Å². The van der Waals surface area contributed by atoms with E-state index in [4.69, 9.17) is 0 Å². The fraction of sp³-hybridized carbons (Fsp3) is 0.421. The quantitative estimate of drug-likeness (QED) is 0.836. The molecule has 3 rings (SSSR count). The number of para-hydroxylation sites is 1. The van der Waals surface area contributed by atoms with Crippen LogP contribution >= 0.6 is 0 Å². The van der Waals surface area contributed by atoms with Crippen LogP contribution in [0, 0.1) is 0 Å². The lowest BCUT2D eigenvalue weighted by atomic mass is 10.2. The summed E-state index contributed by atoms with van der Waals surface area (Å²) in [5.74, 6) is 0.551. The van der Waals surface area contributed by atoms with Crippen molar-refractivity contribution in [3.05, 3.63) is 48.3 Å². The smallest absolute Gasteiger partial charge is 0.277 e.